The fourth-order valence-electron chi connectivity index (χ4n) is 3.38. The number of β-lactam (4-membered cyclic amide) rings is 1. The molecule has 2 aromatic rings. The lowest BCUT2D eigenvalue weighted by atomic mass is 10.0. The van der Waals surface area contributed by atoms with E-state index < -0.39 is 29.2 Å². The monoisotopic (exact) mass is 567 g/mol. The first-order valence-corrected chi connectivity index (χ1v) is 14.3. The fourth-order valence-corrected chi connectivity index (χ4v) is 7.01. The highest BCUT2D eigenvalue weighted by molar-refractivity contribution is 8.01. The average Bonchev–Trinajstić information content (AvgIpc) is 3.33. The molecule has 36 heavy (non-hydrogen) atoms. The van der Waals surface area contributed by atoms with Gasteiger partial charge in [0.25, 0.3) is 11.8 Å². The van der Waals surface area contributed by atoms with E-state index >= 15 is 0 Å². The smallest absolute Gasteiger partial charge is 0.352 e. The van der Waals surface area contributed by atoms with Crippen LogP contribution in [0.1, 0.15) is 18.5 Å². The van der Waals surface area contributed by atoms with Gasteiger partial charge >= 0.3 is 5.97 Å². The molecule has 0 bridgehead atoms. The van der Waals surface area contributed by atoms with Crippen LogP contribution >= 0.6 is 46.2 Å². The topological polar surface area (TPSA) is 176 Å². The normalized spacial score (nSPS) is 21.5. The van der Waals surface area contributed by atoms with Crippen molar-refractivity contribution < 1.29 is 29.1 Å². The van der Waals surface area contributed by atoms with Crippen molar-refractivity contribution in [1.29, 1.82) is 0 Å². The number of thiazole rings is 1. The molecule has 13 nitrogen and oxygen atoms in total. The molecule has 0 radical (unpaired) electrons. The molecule has 5 rings (SSSR count). The maximum Gasteiger partial charge on any atom is 0.352 e. The number of fused-ring (bicyclic) bond motifs is 1. The number of carboxylic acid groups (broad SMARTS) is 1. The Bertz CT molecular complexity index is 1260. The Morgan fingerprint density at radius 3 is 2.89 bits per heavy atom. The van der Waals surface area contributed by atoms with E-state index in [2.05, 4.69) is 31.0 Å². The minimum Gasteiger partial charge on any atom is -0.477 e. The summed E-state index contributed by atoms with van der Waals surface area (Å²) in [6.45, 7) is 0. The van der Waals surface area contributed by atoms with Gasteiger partial charge in [-0.15, -0.1) is 33.3 Å². The molecule has 2 aliphatic heterocycles. The third-order valence-electron chi connectivity index (χ3n) is 5.21. The fraction of sp³-hybridized carbons (Fsp3) is 0.368. The minimum absolute atomic E-state index is 0.0682. The van der Waals surface area contributed by atoms with Crippen molar-refractivity contribution in [1.82, 2.24) is 25.4 Å². The molecule has 0 aromatic carbocycles. The van der Waals surface area contributed by atoms with Gasteiger partial charge in [0.1, 0.15) is 34.4 Å². The van der Waals surface area contributed by atoms with Gasteiger partial charge in [-0.2, -0.15) is 0 Å². The Labute approximate surface area is 219 Å². The van der Waals surface area contributed by atoms with E-state index in [4.69, 9.17) is 4.84 Å². The maximum atomic E-state index is 13.1. The first-order valence-electron chi connectivity index (χ1n) is 10.5. The van der Waals surface area contributed by atoms with Gasteiger partial charge in [0.15, 0.2) is 15.2 Å². The zero-order chi connectivity index (χ0) is 25.2. The lowest BCUT2D eigenvalue weighted by Gasteiger charge is -2.49. The number of aliphatic carboxylic acids is 1. The number of rotatable bonds is 11. The molecule has 3 N–H and O–H groups in total. The summed E-state index contributed by atoms with van der Waals surface area (Å²) in [5.74, 6) is -1.68. The standard InChI is InChI=1S/C19H17N7O6S4/c27-6-20-18-22-10(5-34-18)11(25-32-9-1-2-9)14(28)23-12-15(29)26-13(17(30)31)8(3-33-16(12)26)4-35-19-24-21-7-36-19/h5-7,9,12,16H,1-4H2,(H,23,28)(H,30,31)(H,20,22,27)/b25-11-/t12-,16-/m1/s1. The summed E-state index contributed by atoms with van der Waals surface area (Å²) in [4.78, 5) is 59.6. The van der Waals surface area contributed by atoms with Crippen molar-refractivity contribution in [3.63, 3.8) is 0 Å². The lowest BCUT2D eigenvalue weighted by molar-refractivity contribution is -0.150. The number of carbonyl (C=O) groups excluding carboxylic acids is 3. The molecule has 1 aliphatic carbocycles. The van der Waals surface area contributed by atoms with Crippen LogP contribution in [0, 0.1) is 0 Å². The van der Waals surface area contributed by atoms with E-state index in [1.807, 2.05) is 0 Å². The number of hydrogen-bond acceptors (Lipinski definition) is 13. The molecule has 3 aliphatic rings. The molecular formula is C19H17N7O6S4. The van der Waals surface area contributed by atoms with Crippen LogP contribution in [-0.4, -0.2) is 84.1 Å². The largest absolute Gasteiger partial charge is 0.477 e. The van der Waals surface area contributed by atoms with Gasteiger partial charge in [0, 0.05) is 16.9 Å². The first-order chi connectivity index (χ1) is 17.5. The van der Waals surface area contributed by atoms with Crippen LogP contribution in [0.15, 0.2) is 31.7 Å². The van der Waals surface area contributed by atoms with Crippen LogP contribution in [0.4, 0.5) is 5.13 Å². The average molecular weight is 568 g/mol. The van der Waals surface area contributed by atoms with E-state index in [1.54, 1.807) is 5.51 Å². The Morgan fingerprint density at radius 1 is 1.36 bits per heavy atom. The molecule has 0 spiro atoms. The predicted molar refractivity (Wildman–Crippen MR) is 133 cm³/mol. The second-order valence-electron chi connectivity index (χ2n) is 7.66. The summed E-state index contributed by atoms with van der Waals surface area (Å²) in [6.07, 6.45) is 2.04. The second-order valence-corrected chi connectivity index (χ2v) is 11.7. The summed E-state index contributed by atoms with van der Waals surface area (Å²) in [5, 5.41) is 27.8. The van der Waals surface area contributed by atoms with E-state index in [0.717, 1.165) is 24.2 Å². The van der Waals surface area contributed by atoms with Crippen molar-refractivity contribution in [2.75, 3.05) is 16.8 Å². The third kappa shape index (κ3) is 5.09. The molecule has 3 amide bonds. The highest BCUT2D eigenvalue weighted by Gasteiger charge is 2.54. The number of anilines is 1. The van der Waals surface area contributed by atoms with Crippen molar-refractivity contribution >= 4 is 81.2 Å². The van der Waals surface area contributed by atoms with Crippen molar-refractivity contribution in [2.24, 2.45) is 5.16 Å². The molecule has 1 saturated carbocycles. The van der Waals surface area contributed by atoms with Crippen LogP contribution in [0.3, 0.4) is 0 Å². The molecule has 1 saturated heterocycles. The van der Waals surface area contributed by atoms with Gasteiger partial charge in [-0.25, -0.2) is 9.78 Å². The predicted octanol–water partition coefficient (Wildman–Crippen LogP) is 0.977. The van der Waals surface area contributed by atoms with Crippen molar-refractivity contribution in [3.8, 4) is 0 Å². The van der Waals surface area contributed by atoms with Crippen LogP contribution in [-0.2, 0) is 24.0 Å². The summed E-state index contributed by atoms with van der Waals surface area (Å²) in [5.41, 5.74) is 2.17. The lowest BCUT2D eigenvalue weighted by Crippen LogP contribution is -2.71. The Morgan fingerprint density at radius 2 is 2.19 bits per heavy atom. The SMILES string of the molecule is O=CNc1nc(/C(=N/OC2CC2)C(=O)N[C@@H]2C(=O)N3C(C(=O)O)=C(CSc4nncs4)CS[C@H]23)cs1. The van der Waals surface area contributed by atoms with E-state index in [-0.39, 0.29) is 28.3 Å². The van der Waals surface area contributed by atoms with Gasteiger partial charge in [-0.05, 0) is 18.4 Å². The van der Waals surface area contributed by atoms with E-state index in [0.29, 0.717) is 27.8 Å². The summed E-state index contributed by atoms with van der Waals surface area (Å²) in [6, 6.07) is -0.938. The Kier molecular flexibility index (Phi) is 7.22. The van der Waals surface area contributed by atoms with Gasteiger partial charge < -0.3 is 20.6 Å². The third-order valence-corrected chi connectivity index (χ3v) is 9.27. The number of hydrogen-bond donors (Lipinski definition) is 3. The highest BCUT2D eigenvalue weighted by atomic mass is 32.2. The number of aromatic nitrogens is 3. The second kappa shape index (κ2) is 10.5. The summed E-state index contributed by atoms with van der Waals surface area (Å²) < 4.78 is 0.702. The molecule has 0 unspecified atom stereocenters. The zero-order valence-electron chi connectivity index (χ0n) is 18.2. The molecule has 17 heteroatoms. The molecule has 2 fully saturated rings. The number of carbonyl (C=O) groups is 4. The van der Waals surface area contributed by atoms with Gasteiger partial charge in [-0.3, -0.25) is 19.3 Å². The van der Waals surface area contributed by atoms with Crippen LogP contribution in [0.25, 0.3) is 0 Å². The number of nitrogens with zero attached hydrogens (tertiary/aromatic N) is 5. The van der Waals surface area contributed by atoms with Crippen molar-refractivity contribution in [3.05, 3.63) is 27.9 Å². The van der Waals surface area contributed by atoms with Gasteiger partial charge in [-0.1, -0.05) is 28.3 Å². The zero-order valence-corrected chi connectivity index (χ0v) is 21.4. The van der Waals surface area contributed by atoms with Gasteiger partial charge in [0.2, 0.25) is 6.41 Å². The Balaban J connectivity index is 1.30. The van der Waals surface area contributed by atoms with Crippen molar-refractivity contribution in [2.45, 2.75) is 34.7 Å². The quantitative estimate of drug-likeness (QED) is 0.116. The molecular weight excluding hydrogens is 551 g/mol. The number of nitrogens with one attached hydrogen (secondary N) is 2. The number of oxime groups is 1. The highest BCUT2D eigenvalue weighted by Crippen LogP contribution is 2.41. The van der Waals surface area contributed by atoms with Crippen LogP contribution in [0.5, 0.6) is 0 Å². The summed E-state index contributed by atoms with van der Waals surface area (Å²) in [7, 11) is 0. The molecule has 4 heterocycles. The molecule has 188 valence electrons. The molecule has 2 atom stereocenters. The van der Waals surface area contributed by atoms with E-state index in [1.165, 1.54) is 45.1 Å². The van der Waals surface area contributed by atoms with Gasteiger partial charge in [0.05, 0.1) is 0 Å². The Hall–Kier alpha value is -3.02. The molecule has 2 aromatic heterocycles. The van der Waals surface area contributed by atoms with Crippen LogP contribution < -0.4 is 10.6 Å². The number of carboxylic acids is 1. The minimum atomic E-state index is -1.20. The number of thioether (sulfide) groups is 2. The number of amides is 3. The van der Waals surface area contributed by atoms with E-state index in [9.17, 15) is 24.3 Å². The first kappa shape index (κ1) is 24.7. The maximum absolute atomic E-state index is 13.1. The summed E-state index contributed by atoms with van der Waals surface area (Å²) >= 11 is 5.18. The van der Waals surface area contributed by atoms with Crippen LogP contribution in [0.2, 0.25) is 0 Å².